The minimum Gasteiger partial charge on any atom is -0.298 e. The van der Waals surface area contributed by atoms with E-state index >= 15 is 0 Å². The molecular formula is C16H11ClN2O. The van der Waals surface area contributed by atoms with Crippen LogP contribution >= 0.6 is 11.6 Å². The van der Waals surface area contributed by atoms with Crippen molar-refractivity contribution < 1.29 is 4.79 Å². The van der Waals surface area contributed by atoms with E-state index < -0.39 is 0 Å². The number of aldehydes is 1. The van der Waals surface area contributed by atoms with Crippen LogP contribution in [0.3, 0.4) is 0 Å². The second-order valence-electron chi connectivity index (χ2n) is 4.50. The molecule has 1 heterocycles. The Morgan fingerprint density at radius 2 is 1.80 bits per heavy atom. The predicted molar refractivity (Wildman–Crippen MR) is 80.1 cm³/mol. The van der Waals surface area contributed by atoms with Gasteiger partial charge in [0.1, 0.15) is 11.0 Å². The lowest BCUT2D eigenvalue weighted by Crippen LogP contribution is -1.99. The van der Waals surface area contributed by atoms with Gasteiger partial charge < -0.3 is 0 Å². The lowest BCUT2D eigenvalue weighted by atomic mass is 10.0. The highest BCUT2D eigenvalue weighted by atomic mass is 35.5. The fourth-order valence-corrected chi connectivity index (χ4v) is 2.46. The maximum atomic E-state index is 11.2. The molecule has 0 fully saturated rings. The molecule has 1 aromatic heterocycles. The van der Waals surface area contributed by atoms with Crippen molar-refractivity contribution in [3.05, 3.63) is 59.0 Å². The molecule has 0 aliphatic rings. The number of rotatable bonds is 2. The van der Waals surface area contributed by atoms with Crippen LogP contribution in [0, 0.1) is 6.92 Å². The number of carbonyl (C=O) groups excluding carboxylic acids is 1. The van der Waals surface area contributed by atoms with Gasteiger partial charge in [0.25, 0.3) is 0 Å². The van der Waals surface area contributed by atoms with Crippen LogP contribution in [0.2, 0.25) is 5.15 Å². The Kier molecular flexibility index (Phi) is 3.20. The maximum Gasteiger partial charge on any atom is 0.155 e. The minimum absolute atomic E-state index is 0.190. The van der Waals surface area contributed by atoms with Crippen molar-refractivity contribution in [2.24, 2.45) is 0 Å². The summed E-state index contributed by atoms with van der Waals surface area (Å²) in [6, 6.07) is 14.0. The van der Waals surface area contributed by atoms with Gasteiger partial charge >= 0.3 is 0 Å². The zero-order chi connectivity index (χ0) is 14.1. The molecule has 20 heavy (non-hydrogen) atoms. The zero-order valence-corrected chi connectivity index (χ0v) is 11.6. The van der Waals surface area contributed by atoms with E-state index in [1.54, 1.807) is 6.92 Å². The molecule has 4 heteroatoms. The van der Waals surface area contributed by atoms with Crippen molar-refractivity contribution >= 4 is 28.7 Å². The molecule has 2 aromatic carbocycles. The van der Waals surface area contributed by atoms with E-state index in [4.69, 9.17) is 11.6 Å². The number of aryl methyl sites for hydroxylation is 1. The van der Waals surface area contributed by atoms with Crippen LogP contribution in [-0.2, 0) is 0 Å². The molecule has 3 nitrogen and oxygen atoms in total. The van der Waals surface area contributed by atoms with Gasteiger partial charge in [-0.1, -0.05) is 48.0 Å². The lowest BCUT2D eigenvalue weighted by Gasteiger charge is -2.08. The van der Waals surface area contributed by atoms with Crippen molar-refractivity contribution in [3.63, 3.8) is 0 Å². The van der Waals surface area contributed by atoms with E-state index in [-0.39, 0.29) is 5.15 Å². The van der Waals surface area contributed by atoms with Gasteiger partial charge in [-0.05, 0) is 23.8 Å². The average Bonchev–Trinajstić information content (AvgIpc) is 2.46. The number of hydrogen-bond donors (Lipinski definition) is 0. The summed E-state index contributed by atoms with van der Waals surface area (Å²) in [5.74, 6) is 0.545. The summed E-state index contributed by atoms with van der Waals surface area (Å²) in [6.07, 6.45) is 0.701. The van der Waals surface area contributed by atoms with Crippen LogP contribution in [0.5, 0.6) is 0 Å². The molecule has 0 atom stereocenters. The highest BCUT2D eigenvalue weighted by Gasteiger charge is 2.13. The molecule has 0 N–H and O–H groups in total. The van der Waals surface area contributed by atoms with E-state index in [1.165, 1.54) is 0 Å². The number of nitrogens with zero attached hydrogens (tertiary/aromatic N) is 2. The van der Waals surface area contributed by atoms with Gasteiger partial charge in [-0.15, -0.1) is 0 Å². The topological polar surface area (TPSA) is 42.9 Å². The van der Waals surface area contributed by atoms with Gasteiger partial charge in [0.2, 0.25) is 0 Å². The van der Waals surface area contributed by atoms with Crippen LogP contribution in [-0.4, -0.2) is 16.3 Å². The Morgan fingerprint density at radius 1 is 1.05 bits per heavy atom. The lowest BCUT2D eigenvalue weighted by molar-refractivity contribution is 0.112. The highest BCUT2D eigenvalue weighted by molar-refractivity contribution is 6.32. The Morgan fingerprint density at radius 3 is 2.55 bits per heavy atom. The van der Waals surface area contributed by atoms with E-state index in [0.717, 1.165) is 16.3 Å². The van der Waals surface area contributed by atoms with Crippen molar-refractivity contribution in [3.8, 4) is 11.3 Å². The monoisotopic (exact) mass is 282 g/mol. The quantitative estimate of drug-likeness (QED) is 0.525. The molecular weight excluding hydrogens is 272 g/mol. The van der Waals surface area contributed by atoms with Crippen LogP contribution in [0.4, 0.5) is 0 Å². The van der Waals surface area contributed by atoms with Crippen molar-refractivity contribution in [2.45, 2.75) is 6.92 Å². The van der Waals surface area contributed by atoms with Crippen LogP contribution in [0.25, 0.3) is 22.0 Å². The minimum atomic E-state index is 0.190. The van der Waals surface area contributed by atoms with E-state index in [1.807, 2.05) is 42.5 Å². The molecule has 0 unspecified atom stereocenters. The first kappa shape index (κ1) is 12.8. The first-order valence-electron chi connectivity index (χ1n) is 6.17. The standard InChI is InChI=1S/C16H11ClN2O/c1-10-18-15(14(9-20)16(17)19-10)13-7-6-11-4-2-3-5-12(11)8-13/h2-9H,1H3. The van der Waals surface area contributed by atoms with E-state index in [0.29, 0.717) is 23.4 Å². The Balaban J connectivity index is 2.27. The molecule has 3 rings (SSSR count). The summed E-state index contributed by atoms with van der Waals surface area (Å²) in [5.41, 5.74) is 1.76. The van der Waals surface area contributed by atoms with E-state index in [9.17, 15) is 4.79 Å². The third-order valence-corrected chi connectivity index (χ3v) is 3.44. The summed E-state index contributed by atoms with van der Waals surface area (Å²) in [5, 5.41) is 2.42. The summed E-state index contributed by atoms with van der Waals surface area (Å²) in [7, 11) is 0. The number of carbonyl (C=O) groups is 1. The number of aromatic nitrogens is 2. The molecule has 0 saturated carbocycles. The third kappa shape index (κ3) is 2.17. The molecule has 0 radical (unpaired) electrons. The third-order valence-electron chi connectivity index (χ3n) is 3.15. The van der Waals surface area contributed by atoms with Gasteiger partial charge in [0.05, 0.1) is 11.3 Å². The SMILES string of the molecule is Cc1nc(Cl)c(C=O)c(-c2ccc3ccccc3c2)n1. The van der Waals surface area contributed by atoms with Gasteiger partial charge in [0.15, 0.2) is 6.29 Å². The van der Waals surface area contributed by atoms with Crippen LogP contribution in [0.1, 0.15) is 16.2 Å². The van der Waals surface area contributed by atoms with Crippen molar-refractivity contribution in [1.29, 1.82) is 0 Å². The summed E-state index contributed by atoms with van der Waals surface area (Å²) in [4.78, 5) is 19.6. The fraction of sp³-hybridized carbons (Fsp3) is 0.0625. The zero-order valence-electron chi connectivity index (χ0n) is 10.8. The Bertz CT molecular complexity index is 815. The smallest absolute Gasteiger partial charge is 0.155 e. The maximum absolute atomic E-state index is 11.2. The molecule has 0 aliphatic heterocycles. The Hall–Kier alpha value is -2.26. The largest absolute Gasteiger partial charge is 0.298 e. The molecule has 98 valence electrons. The molecule has 3 aromatic rings. The molecule has 0 spiro atoms. The number of halogens is 1. The van der Waals surface area contributed by atoms with E-state index in [2.05, 4.69) is 9.97 Å². The molecule has 0 amide bonds. The first-order chi connectivity index (χ1) is 9.69. The van der Waals surface area contributed by atoms with Gasteiger partial charge in [-0.3, -0.25) is 4.79 Å². The molecule has 0 aliphatic carbocycles. The van der Waals surface area contributed by atoms with Gasteiger partial charge in [0, 0.05) is 5.56 Å². The number of hydrogen-bond acceptors (Lipinski definition) is 3. The summed E-state index contributed by atoms with van der Waals surface area (Å²) >= 11 is 6.02. The molecule has 0 saturated heterocycles. The van der Waals surface area contributed by atoms with Gasteiger partial charge in [-0.2, -0.15) is 0 Å². The summed E-state index contributed by atoms with van der Waals surface area (Å²) in [6.45, 7) is 1.75. The van der Waals surface area contributed by atoms with Crippen LogP contribution in [0.15, 0.2) is 42.5 Å². The fourth-order valence-electron chi connectivity index (χ4n) is 2.21. The Labute approximate surface area is 121 Å². The van der Waals surface area contributed by atoms with Crippen molar-refractivity contribution in [1.82, 2.24) is 9.97 Å². The predicted octanol–water partition coefficient (Wildman–Crippen LogP) is 4.07. The summed E-state index contributed by atoms with van der Waals surface area (Å²) < 4.78 is 0. The highest BCUT2D eigenvalue weighted by Crippen LogP contribution is 2.27. The molecule has 0 bridgehead atoms. The normalized spacial score (nSPS) is 10.7. The average molecular weight is 283 g/mol. The van der Waals surface area contributed by atoms with Gasteiger partial charge in [-0.25, -0.2) is 9.97 Å². The number of benzene rings is 2. The second-order valence-corrected chi connectivity index (χ2v) is 4.86. The number of fused-ring (bicyclic) bond motifs is 1. The van der Waals surface area contributed by atoms with Crippen LogP contribution < -0.4 is 0 Å². The second kappa shape index (κ2) is 5.02. The first-order valence-corrected chi connectivity index (χ1v) is 6.55. The van der Waals surface area contributed by atoms with Crippen molar-refractivity contribution in [2.75, 3.05) is 0 Å².